The molecule has 4 rings (SSSR count). The van der Waals surface area contributed by atoms with Gasteiger partial charge in [-0.3, -0.25) is 0 Å². The van der Waals surface area contributed by atoms with Gasteiger partial charge in [0.15, 0.2) is 23.6 Å². The SMILES string of the molecule is C=CCCC1CCC(C(F)(F)OC2CCC(C3CCC(C(F)(F)Oc4cc(F)c(OC=C(F)F)c(F)c4)CC3)CC2)CC1. The topological polar surface area (TPSA) is 27.7 Å². The monoisotopic (exact) mass is 624 g/mol. The van der Waals surface area contributed by atoms with Crippen LogP contribution >= 0.6 is 0 Å². The highest BCUT2D eigenvalue weighted by atomic mass is 19.3. The Kier molecular flexibility index (Phi) is 11.4. The molecule has 0 atom stereocenters. The van der Waals surface area contributed by atoms with Gasteiger partial charge in [0.05, 0.1) is 17.9 Å². The molecule has 3 saturated carbocycles. The fourth-order valence-electron chi connectivity index (χ4n) is 7.12. The van der Waals surface area contributed by atoms with Crippen molar-refractivity contribution in [2.45, 2.75) is 108 Å². The molecule has 0 saturated heterocycles. The predicted molar refractivity (Wildman–Crippen MR) is 145 cm³/mol. The molecular weight excluding hydrogens is 584 g/mol. The fourth-order valence-corrected chi connectivity index (χ4v) is 7.12. The lowest BCUT2D eigenvalue weighted by atomic mass is 9.70. The minimum Gasteiger partial charge on any atom is -0.453 e. The number of allylic oxidation sites excluding steroid dienone is 1. The zero-order chi connectivity index (χ0) is 31.2. The number of ether oxygens (including phenoxy) is 3. The van der Waals surface area contributed by atoms with Crippen LogP contribution in [-0.2, 0) is 4.74 Å². The molecule has 3 aliphatic rings. The van der Waals surface area contributed by atoms with E-state index in [-0.39, 0.29) is 30.9 Å². The van der Waals surface area contributed by atoms with Crippen molar-refractivity contribution >= 4 is 0 Å². The summed E-state index contributed by atoms with van der Waals surface area (Å²) in [5.74, 6) is -5.92. The maximum atomic E-state index is 15.0. The number of hydrogen-bond donors (Lipinski definition) is 0. The lowest BCUT2D eigenvalue weighted by Crippen LogP contribution is -2.40. The van der Waals surface area contributed by atoms with Crippen LogP contribution in [-0.4, -0.2) is 18.3 Å². The molecule has 0 N–H and O–H groups in total. The number of halogens is 8. The van der Waals surface area contributed by atoms with Crippen LogP contribution in [0.3, 0.4) is 0 Å². The van der Waals surface area contributed by atoms with Crippen LogP contribution in [0.5, 0.6) is 11.5 Å². The van der Waals surface area contributed by atoms with Gasteiger partial charge in [-0.2, -0.15) is 26.3 Å². The summed E-state index contributed by atoms with van der Waals surface area (Å²) in [5.41, 5.74) is 0. The third-order valence-corrected chi connectivity index (χ3v) is 9.55. The third-order valence-electron chi connectivity index (χ3n) is 9.55. The van der Waals surface area contributed by atoms with E-state index in [1.165, 1.54) is 0 Å². The third kappa shape index (κ3) is 9.11. The Morgan fingerprint density at radius 2 is 1.28 bits per heavy atom. The van der Waals surface area contributed by atoms with Crippen LogP contribution in [0, 0.1) is 41.2 Å². The molecule has 3 nitrogen and oxygen atoms in total. The minimum absolute atomic E-state index is 0.133. The molecular formula is C32H40F8O3. The number of rotatable bonds is 12. The van der Waals surface area contributed by atoms with Gasteiger partial charge in [0.1, 0.15) is 5.75 Å². The molecule has 0 amide bonds. The van der Waals surface area contributed by atoms with Crippen molar-refractivity contribution in [2.24, 2.45) is 29.6 Å². The van der Waals surface area contributed by atoms with Gasteiger partial charge in [0, 0.05) is 12.1 Å². The summed E-state index contributed by atoms with van der Waals surface area (Å²) in [5, 5.41) is 0. The van der Waals surface area contributed by atoms with Crippen molar-refractivity contribution in [1.82, 2.24) is 0 Å². The van der Waals surface area contributed by atoms with E-state index in [1.807, 2.05) is 6.08 Å². The molecule has 0 spiro atoms. The molecule has 0 unspecified atom stereocenters. The van der Waals surface area contributed by atoms with Gasteiger partial charge in [-0.05, 0) is 108 Å². The van der Waals surface area contributed by atoms with Crippen molar-refractivity contribution in [1.29, 1.82) is 0 Å². The van der Waals surface area contributed by atoms with E-state index in [1.54, 1.807) is 0 Å². The van der Waals surface area contributed by atoms with Gasteiger partial charge < -0.3 is 14.2 Å². The van der Waals surface area contributed by atoms with E-state index in [9.17, 15) is 35.1 Å². The zero-order valence-corrected chi connectivity index (χ0v) is 24.1. The number of benzene rings is 1. The average Bonchev–Trinajstić information content (AvgIpc) is 2.96. The van der Waals surface area contributed by atoms with Crippen molar-refractivity contribution in [3.63, 3.8) is 0 Å². The Labute approximate surface area is 247 Å². The Hall–Kier alpha value is -2.30. The normalized spacial score (nSPS) is 28.7. The summed E-state index contributed by atoms with van der Waals surface area (Å²) in [4.78, 5) is 0. The summed E-state index contributed by atoms with van der Waals surface area (Å²) in [6, 6.07) is 0.919. The molecule has 242 valence electrons. The molecule has 1 aromatic rings. The number of alkyl halides is 4. The molecule has 0 aliphatic heterocycles. The Morgan fingerprint density at radius 3 is 1.81 bits per heavy atom. The van der Waals surface area contributed by atoms with Crippen molar-refractivity contribution in [3.8, 4) is 11.5 Å². The van der Waals surface area contributed by atoms with E-state index in [0.717, 1.165) is 25.7 Å². The van der Waals surface area contributed by atoms with Crippen molar-refractivity contribution < 1.29 is 49.3 Å². The quantitative estimate of drug-likeness (QED) is 0.132. The molecule has 3 aliphatic carbocycles. The second-order valence-electron chi connectivity index (χ2n) is 12.3. The summed E-state index contributed by atoms with van der Waals surface area (Å²) < 4.78 is 127. The molecule has 1 aromatic carbocycles. The maximum Gasteiger partial charge on any atom is 0.400 e. The standard InChI is InChI=1S/C32H40F8O3/c1-2-3-4-20-5-11-23(12-6-20)31(37,38)42-25-15-9-22(10-16-25)21-7-13-24(14-8-21)32(39,40)43-26-17-27(33)30(28(34)18-26)41-19-29(35)36/h2,17-25H,1,3-16H2. The Morgan fingerprint density at radius 1 is 0.767 bits per heavy atom. The fraction of sp³-hybridized carbons (Fsp3) is 0.688. The molecule has 0 bridgehead atoms. The Bertz CT molecular complexity index is 1060. The van der Waals surface area contributed by atoms with Crippen molar-refractivity contribution in [2.75, 3.05) is 0 Å². The van der Waals surface area contributed by atoms with Gasteiger partial charge >= 0.3 is 18.3 Å². The maximum absolute atomic E-state index is 15.0. The van der Waals surface area contributed by atoms with Gasteiger partial charge in [0.25, 0.3) is 0 Å². The molecule has 0 aromatic heterocycles. The molecule has 0 heterocycles. The van der Waals surface area contributed by atoms with Gasteiger partial charge in [0.2, 0.25) is 0 Å². The van der Waals surface area contributed by atoms with Crippen LogP contribution in [0.25, 0.3) is 0 Å². The van der Waals surface area contributed by atoms with E-state index in [2.05, 4.69) is 16.1 Å². The lowest BCUT2D eigenvalue weighted by molar-refractivity contribution is -0.302. The van der Waals surface area contributed by atoms with Crippen LogP contribution in [0.4, 0.5) is 35.1 Å². The van der Waals surface area contributed by atoms with Gasteiger partial charge in [-0.15, -0.1) is 6.58 Å². The minimum atomic E-state index is -3.71. The summed E-state index contributed by atoms with van der Waals surface area (Å²) in [7, 11) is 0. The van der Waals surface area contributed by atoms with E-state index < -0.39 is 59.4 Å². The highest BCUT2D eigenvalue weighted by Gasteiger charge is 2.47. The second-order valence-corrected chi connectivity index (χ2v) is 12.3. The highest BCUT2D eigenvalue weighted by molar-refractivity contribution is 5.35. The number of hydrogen-bond acceptors (Lipinski definition) is 3. The first-order valence-electron chi connectivity index (χ1n) is 15.3. The van der Waals surface area contributed by atoms with E-state index >= 15 is 0 Å². The first-order chi connectivity index (χ1) is 20.4. The van der Waals surface area contributed by atoms with E-state index in [4.69, 9.17) is 4.74 Å². The second kappa shape index (κ2) is 14.7. The van der Waals surface area contributed by atoms with Gasteiger partial charge in [-0.1, -0.05) is 6.08 Å². The molecule has 11 heteroatoms. The lowest BCUT2D eigenvalue weighted by Gasteiger charge is -2.40. The molecule has 3 fully saturated rings. The first-order valence-corrected chi connectivity index (χ1v) is 15.3. The molecule has 0 radical (unpaired) electrons. The zero-order valence-electron chi connectivity index (χ0n) is 24.1. The predicted octanol–water partition coefficient (Wildman–Crippen LogP) is 10.8. The van der Waals surface area contributed by atoms with Crippen LogP contribution < -0.4 is 9.47 Å². The molecule has 43 heavy (non-hydrogen) atoms. The van der Waals surface area contributed by atoms with E-state index in [0.29, 0.717) is 69.4 Å². The van der Waals surface area contributed by atoms with Crippen LogP contribution in [0.2, 0.25) is 0 Å². The van der Waals surface area contributed by atoms with Crippen LogP contribution in [0.1, 0.15) is 89.9 Å². The first kappa shape index (κ1) is 33.6. The average molecular weight is 625 g/mol. The Balaban J connectivity index is 1.21. The largest absolute Gasteiger partial charge is 0.453 e. The summed E-state index contributed by atoms with van der Waals surface area (Å²) in [6.07, 6.45) is 0.101. The highest BCUT2D eigenvalue weighted by Crippen LogP contribution is 2.47. The summed E-state index contributed by atoms with van der Waals surface area (Å²) in [6.45, 7) is 3.73. The smallest absolute Gasteiger partial charge is 0.400 e. The van der Waals surface area contributed by atoms with Gasteiger partial charge in [-0.25, -0.2) is 8.78 Å². The van der Waals surface area contributed by atoms with Crippen molar-refractivity contribution in [3.05, 3.63) is 48.8 Å². The van der Waals surface area contributed by atoms with Crippen LogP contribution in [0.15, 0.2) is 37.1 Å². The summed E-state index contributed by atoms with van der Waals surface area (Å²) >= 11 is 0.